The molecule has 0 amide bonds. The molecule has 6 heteroatoms. The largest absolute Gasteiger partial charge is 0.355 e. The van der Waals surface area contributed by atoms with Gasteiger partial charge in [0.05, 0.1) is 0 Å². The maximum absolute atomic E-state index is 13.5. The molecule has 0 saturated carbocycles. The van der Waals surface area contributed by atoms with Crippen molar-refractivity contribution in [2.45, 2.75) is 44.3 Å². The zero-order chi connectivity index (χ0) is 19.1. The summed E-state index contributed by atoms with van der Waals surface area (Å²) < 4.78 is 13.5. The van der Waals surface area contributed by atoms with Crippen LogP contribution in [0.5, 0.6) is 0 Å². The lowest BCUT2D eigenvalue weighted by Gasteiger charge is -2.51. The molecule has 6 rings (SSSR count). The van der Waals surface area contributed by atoms with Crippen molar-refractivity contribution in [2.24, 2.45) is 5.92 Å². The molecule has 3 atom stereocenters. The Balaban J connectivity index is 1.41. The van der Waals surface area contributed by atoms with Crippen LogP contribution < -0.4 is 5.32 Å². The van der Waals surface area contributed by atoms with Gasteiger partial charge in [0.25, 0.3) is 0 Å². The summed E-state index contributed by atoms with van der Waals surface area (Å²) in [6, 6.07) is 8.30. The van der Waals surface area contributed by atoms with Crippen molar-refractivity contribution in [3.05, 3.63) is 53.6 Å². The van der Waals surface area contributed by atoms with E-state index in [2.05, 4.69) is 25.1 Å². The highest BCUT2D eigenvalue weighted by atomic mass is 19.1. The van der Waals surface area contributed by atoms with Crippen molar-refractivity contribution >= 4 is 5.95 Å². The summed E-state index contributed by atoms with van der Waals surface area (Å²) in [7, 11) is 0. The number of anilines is 1. The number of piperidine rings is 3. The molecule has 5 nitrogen and oxygen atoms in total. The molecular formula is C22H28FN5. The summed E-state index contributed by atoms with van der Waals surface area (Å²) in [5, 5.41) is 3.16. The van der Waals surface area contributed by atoms with Crippen LogP contribution in [0, 0.1) is 11.7 Å². The van der Waals surface area contributed by atoms with Gasteiger partial charge in [0.15, 0.2) is 0 Å². The van der Waals surface area contributed by atoms with Crippen molar-refractivity contribution in [1.29, 1.82) is 0 Å². The van der Waals surface area contributed by atoms with Gasteiger partial charge in [-0.25, -0.2) is 14.4 Å². The van der Waals surface area contributed by atoms with Crippen LogP contribution in [0.25, 0.3) is 0 Å². The van der Waals surface area contributed by atoms with Gasteiger partial charge >= 0.3 is 0 Å². The fourth-order valence-electron chi connectivity index (χ4n) is 5.65. The Kier molecular flexibility index (Phi) is 4.77. The molecule has 1 aromatic heterocycles. The maximum Gasteiger partial charge on any atom is 0.222 e. The minimum Gasteiger partial charge on any atom is -0.355 e. The predicted molar refractivity (Wildman–Crippen MR) is 108 cm³/mol. The highest BCUT2D eigenvalue weighted by molar-refractivity contribution is 5.28. The van der Waals surface area contributed by atoms with Crippen LogP contribution in [0.15, 0.2) is 36.7 Å². The number of aromatic nitrogens is 2. The van der Waals surface area contributed by atoms with E-state index in [4.69, 9.17) is 0 Å². The monoisotopic (exact) mass is 381 g/mol. The summed E-state index contributed by atoms with van der Waals surface area (Å²) in [5.74, 6) is 1.74. The zero-order valence-electron chi connectivity index (χ0n) is 16.4. The number of halogens is 1. The van der Waals surface area contributed by atoms with Crippen LogP contribution in [0.3, 0.4) is 0 Å². The molecule has 4 aliphatic rings. The third-order valence-corrected chi connectivity index (χ3v) is 6.82. The average molecular weight is 381 g/mol. The molecule has 4 fully saturated rings. The highest BCUT2D eigenvalue weighted by Crippen LogP contribution is 2.46. The molecular weight excluding hydrogens is 353 g/mol. The number of nitrogens with zero attached hydrogens (tertiary/aromatic N) is 4. The molecule has 1 N–H and O–H groups in total. The lowest BCUT2D eigenvalue weighted by atomic mass is 9.75. The number of hydrogen-bond donors (Lipinski definition) is 1. The molecule has 4 aliphatic heterocycles. The second-order valence-corrected chi connectivity index (χ2v) is 8.39. The number of hydrogen-bond acceptors (Lipinski definition) is 5. The first-order valence-electron chi connectivity index (χ1n) is 10.5. The fraction of sp³-hybridized carbons (Fsp3) is 0.545. The molecule has 0 spiro atoms. The van der Waals surface area contributed by atoms with Crippen molar-refractivity contribution in [3.63, 3.8) is 0 Å². The number of rotatable bonds is 5. The van der Waals surface area contributed by atoms with Gasteiger partial charge in [0, 0.05) is 55.6 Å². The molecule has 5 heterocycles. The first kappa shape index (κ1) is 18.0. The molecule has 4 saturated heterocycles. The number of benzene rings is 1. The summed E-state index contributed by atoms with van der Waals surface area (Å²) in [4.78, 5) is 14.2. The third-order valence-electron chi connectivity index (χ3n) is 6.82. The van der Waals surface area contributed by atoms with E-state index in [0.717, 1.165) is 31.1 Å². The molecule has 2 aromatic rings. The van der Waals surface area contributed by atoms with E-state index in [-0.39, 0.29) is 5.82 Å². The van der Waals surface area contributed by atoms with Gasteiger partial charge in [-0.05, 0) is 56.5 Å². The first-order chi connectivity index (χ1) is 13.7. The Bertz CT molecular complexity index is 801. The molecule has 0 unspecified atom stereocenters. The normalized spacial score (nSPS) is 31.7. The van der Waals surface area contributed by atoms with Gasteiger partial charge in [-0.3, -0.25) is 9.80 Å². The van der Waals surface area contributed by atoms with E-state index in [1.54, 1.807) is 12.1 Å². The van der Waals surface area contributed by atoms with Crippen molar-refractivity contribution in [1.82, 2.24) is 19.8 Å². The summed E-state index contributed by atoms with van der Waals surface area (Å²) in [5.41, 5.74) is 2.43. The summed E-state index contributed by atoms with van der Waals surface area (Å²) >= 11 is 0. The van der Waals surface area contributed by atoms with Gasteiger partial charge < -0.3 is 5.32 Å². The fourth-order valence-corrected chi connectivity index (χ4v) is 5.65. The van der Waals surface area contributed by atoms with Crippen LogP contribution in [-0.4, -0.2) is 58.0 Å². The second-order valence-electron chi connectivity index (χ2n) is 8.39. The van der Waals surface area contributed by atoms with E-state index < -0.39 is 0 Å². The average Bonchev–Trinajstić information content (AvgIpc) is 3.13. The molecule has 1 aromatic carbocycles. The van der Waals surface area contributed by atoms with Gasteiger partial charge in [0.1, 0.15) is 5.82 Å². The van der Waals surface area contributed by atoms with Crippen LogP contribution in [0.1, 0.15) is 36.8 Å². The lowest BCUT2D eigenvalue weighted by molar-refractivity contribution is -0.00873. The maximum atomic E-state index is 13.5. The predicted octanol–water partition coefficient (Wildman–Crippen LogP) is 3.11. The SMILES string of the molecule is CCNc1ncc(CN2C[C@H](c3ccc(F)cc3)[C@H]3[C@@H]2C2CCN3CC2)cn1. The van der Waals surface area contributed by atoms with E-state index >= 15 is 0 Å². The second kappa shape index (κ2) is 7.41. The minimum atomic E-state index is -0.154. The Morgan fingerprint density at radius 3 is 2.46 bits per heavy atom. The first-order valence-corrected chi connectivity index (χ1v) is 10.5. The van der Waals surface area contributed by atoms with Crippen LogP contribution >= 0.6 is 0 Å². The highest BCUT2D eigenvalue weighted by Gasteiger charge is 2.53. The van der Waals surface area contributed by atoms with E-state index in [1.807, 2.05) is 31.5 Å². The van der Waals surface area contributed by atoms with Crippen LogP contribution in [0.4, 0.5) is 10.3 Å². The molecule has 0 aliphatic carbocycles. The number of likely N-dealkylation sites (tertiary alicyclic amines) is 1. The van der Waals surface area contributed by atoms with Crippen LogP contribution in [0.2, 0.25) is 0 Å². The van der Waals surface area contributed by atoms with E-state index in [9.17, 15) is 4.39 Å². The summed E-state index contributed by atoms with van der Waals surface area (Å²) in [6.45, 7) is 7.19. The van der Waals surface area contributed by atoms with Gasteiger partial charge in [-0.1, -0.05) is 12.1 Å². The minimum absolute atomic E-state index is 0.154. The van der Waals surface area contributed by atoms with Crippen molar-refractivity contribution in [3.8, 4) is 0 Å². The Hall–Kier alpha value is -2.05. The topological polar surface area (TPSA) is 44.3 Å². The van der Waals surface area contributed by atoms with Crippen molar-refractivity contribution in [2.75, 3.05) is 31.5 Å². The molecule has 0 radical (unpaired) electrons. The molecule has 2 bridgehead atoms. The smallest absolute Gasteiger partial charge is 0.222 e. The molecule has 148 valence electrons. The zero-order valence-corrected chi connectivity index (χ0v) is 16.4. The van der Waals surface area contributed by atoms with E-state index in [1.165, 1.54) is 31.5 Å². The Morgan fingerprint density at radius 1 is 1.07 bits per heavy atom. The van der Waals surface area contributed by atoms with Crippen molar-refractivity contribution < 1.29 is 4.39 Å². The third kappa shape index (κ3) is 3.18. The lowest BCUT2D eigenvalue weighted by Crippen LogP contribution is -2.59. The van der Waals surface area contributed by atoms with Gasteiger partial charge in [-0.2, -0.15) is 0 Å². The standard InChI is InChI=1S/C22H28FN5/c1-2-24-22-25-11-15(12-26-22)13-28-14-19(16-3-5-18(23)6-4-16)21-20(28)17-7-9-27(21)10-8-17/h3-6,11-12,17,19-21H,2,7-10,13-14H2,1H3,(H,24,25,26)/t19-,20+,21+/m1/s1. The van der Waals surface area contributed by atoms with Gasteiger partial charge in [-0.15, -0.1) is 0 Å². The van der Waals surface area contributed by atoms with Crippen LogP contribution in [-0.2, 0) is 6.54 Å². The summed E-state index contributed by atoms with van der Waals surface area (Å²) in [6.07, 6.45) is 6.49. The van der Waals surface area contributed by atoms with Gasteiger partial charge in [0.2, 0.25) is 5.95 Å². The number of nitrogens with one attached hydrogen (secondary N) is 1. The number of fused-ring (bicyclic) bond motifs is 2. The van der Waals surface area contributed by atoms with E-state index in [0.29, 0.717) is 23.9 Å². The Labute approximate surface area is 166 Å². The Morgan fingerprint density at radius 2 is 1.79 bits per heavy atom. The quantitative estimate of drug-likeness (QED) is 0.862. The molecule has 28 heavy (non-hydrogen) atoms.